The SMILES string of the molecule is Nc1ccc(Oc2ccccc2-c2ccccc2)nc1. The molecule has 0 aliphatic heterocycles. The summed E-state index contributed by atoms with van der Waals surface area (Å²) in [6.07, 6.45) is 1.58. The van der Waals surface area contributed by atoms with Gasteiger partial charge < -0.3 is 10.5 Å². The average molecular weight is 262 g/mol. The highest BCUT2D eigenvalue weighted by atomic mass is 16.5. The highest BCUT2D eigenvalue weighted by Crippen LogP contribution is 2.32. The molecule has 0 saturated heterocycles. The van der Waals surface area contributed by atoms with E-state index in [0.717, 1.165) is 16.9 Å². The monoisotopic (exact) mass is 262 g/mol. The van der Waals surface area contributed by atoms with E-state index in [2.05, 4.69) is 17.1 Å². The molecule has 1 heterocycles. The molecule has 98 valence electrons. The number of anilines is 1. The summed E-state index contributed by atoms with van der Waals surface area (Å²) in [5.74, 6) is 1.30. The molecular weight excluding hydrogens is 248 g/mol. The molecule has 0 aliphatic rings. The minimum atomic E-state index is 0.530. The van der Waals surface area contributed by atoms with Gasteiger partial charge in [0.25, 0.3) is 0 Å². The third-order valence-electron chi connectivity index (χ3n) is 2.95. The van der Waals surface area contributed by atoms with Crippen LogP contribution in [0, 0.1) is 0 Å². The number of hydrogen-bond acceptors (Lipinski definition) is 3. The van der Waals surface area contributed by atoms with Gasteiger partial charge in [0.05, 0.1) is 11.9 Å². The summed E-state index contributed by atoms with van der Waals surface area (Å²) in [5.41, 5.74) is 8.39. The van der Waals surface area contributed by atoms with Crippen LogP contribution in [0.2, 0.25) is 0 Å². The van der Waals surface area contributed by atoms with E-state index < -0.39 is 0 Å². The van der Waals surface area contributed by atoms with E-state index in [1.807, 2.05) is 42.5 Å². The smallest absolute Gasteiger partial charge is 0.219 e. The number of rotatable bonds is 3. The maximum Gasteiger partial charge on any atom is 0.219 e. The van der Waals surface area contributed by atoms with E-state index in [1.165, 1.54) is 0 Å². The number of benzene rings is 2. The fraction of sp³-hybridized carbons (Fsp3) is 0. The Bertz CT molecular complexity index is 694. The van der Waals surface area contributed by atoms with Crippen molar-refractivity contribution in [3.05, 3.63) is 72.9 Å². The van der Waals surface area contributed by atoms with E-state index in [9.17, 15) is 0 Å². The van der Waals surface area contributed by atoms with E-state index >= 15 is 0 Å². The van der Waals surface area contributed by atoms with Gasteiger partial charge in [0.1, 0.15) is 5.75 Å². The number of pyridine rings is 1. The highest BCUT2D eigenvalue weighted by Gasteiger charge is 2.06. The molecular formula is C17H14N2O. The molecule has 0 atom stereocenters. The lowest BCUT2D eigenvalue weighted by atomic mass is 10.1. The number of ether oxygens (including phenoxy) is 1. The largest absolute Gasteiger partial charge is 0.438 e. The van der Waals surface area contributed by atoms with Crippen LogP contribution in [0.3, 0.4) is 0 Å². The van der Waals surface area contributed by atoms with Gasteiger partial charge in [-0.1, -0.05) is 48.5 Å². The van der Waals surface area contributed by atoms with Crippen LogP contribution >= 0.6 is 0 Å². The number of nitrogen functional groups attached to an aromatic ring is 1. The summed E-state index contributed by atoms with van der Waals surface area (Å²) in [5, 5.41) is 0. The Balaban J connectivity index is 1.96. The molecule has 0 spiro atoms. The van der Waals surface area contributed by atoms with Gasteiger partial charge in [-0.15, -0.1) is 0 Å². The molecule has 3 rings (SSSR count). The second kappa shape index (κ2) is 5.45. The molecule has 3 aromatic rings. The summed E-state index contributed by atoms with van der Waals surface area (Å²) >= 11 is 0. The van der Waals surface area contributed by atoms with Crippen LogP contribution in [-0.2, 0) is 0 Å². The van der Waals surface area contributed by atoms with Gasteiger partial charge >= 0.3 is 0 Å². The van der Waals surface area contributed by atoms with Crippen molar-refractivity contribution < 1.29 is 4.74 Å². The fourth-order valence-corrected chi connectivity index (χ4v) is 1.98. The maximum atomic E-state index is 5.85. The molecule has 0 aliphatic carbocycles. The normalized spacial score (nSPS) is 10.2. The minimum absolute atomic E-state index is 0.530. The number of nitrogens with two attached hydrogens (primary N) is 1. The van der Waals surface area contributed by atoms with Gasteiger partial charge in [-0.3, -0.25) is 0 Å². The maximum absolute atomic E-state index is 5.85. The summed E-state index contributed by atoms with van der Waals surface area (Å²) in [6.45, 7) is 0. The van der Waals surface area contributed by atoms with Crippen molar-refractivity contribution in [3.63, 3.8) is 0 Å². The average Bonchev–Trinajstić information content (AvgIpc) is 2.51. The molecule has 0 saturated carbocycles. The van der Waals surface area contributed by atoms with Crippen LogP contribution in [-0.4, -0.2) is 4.98 Å². The summed E-state index contributed by atoms with van der Waals surface area (Å²) in [6, 6.07) is 21.5. The Morgan fingerprint density at radius 1 is 0.800 bits per heavy atom. The van der Waals surface area contributed by atoms with Crippen molar-refractivity contribution in [1.29, 1.82) is 0 Å². The zero-order valence-corrected chi connectivity index (χ0v) is 10.9. The van der Waals surface area contributed by atoms with Crippen molar-refractivity contribution in [3.8, 4) is 22.8 Å². The molecule has 2 aromatic carbocycles. The molecule has 0 unspecified atom stereocenters. The van der Waals surface area contributed by atoms with Crippen molar-refractivity contribution >= 4 is 5.69 Å². The Morgan fingerprint density at radius 2 is 1.55 bits per heavy atom. The second-order valence-corrected chi connectivity index (χ2v) is 4.39. The molecule has 20 heavy (non-hydrogen) atoms. The second-order valence-electron chi connectivity index (χ2n) is 4.39. The summed E-state index contributed by atoms with van der Waals surface area (Å²) < 4.78 is 5.85. The molecule has 0 radical (unpaired) electrons. The molecule has 3 heteroatoms. The van der Waals surface area contributed by atoms with E-state index in [4.69, 9.17) is 10.5 Å². The van der Waals surface area contributed by atoms with Crippen molar-refractivity contribution in [1.82, 2.24) is 4.98 Å². The number of para-hydroxylation sites is 1. The standard InChI is InChI=1S/C17H14N2O/c18-14-10-11-17(19-12-14)20-16-9-5-4-8-15(16)13-6-2-1-3-7-13/h1-12H,18H2. The lowest BCUT2D eigenvalue weighted by molar-refractivity contribution is 0.465. The first-order chi connectivity index (χ1) is 9.83. The lowest BCUT2D eigenvalue weighted by Gasteiger charge is -2.10. The van der Waals surface area contributed by atoms with Gasteiger partial charge in [0, 0.05) is 11.6 Å². The van der Waals surface area contributed by atoms with E-state index in [1.54, 1.807) is 18.3 Å². The Labute approximate surface area is 117 Å². The third-order valence-corrected chi connectivity index (χ3v) is 2.95. The van der Waals surface area contributed by atoms with E-state index in [-0.39, 0.29) is 0 Å². The fourth-order valence-electron chi connectivity index (χ4n) is 1.98. The van der Waals surface area contributed by atoms with Crippen LogP contribution in [0.25, 0.3) is 11.1 Å². The Kier molecular flexibility index (Phi) is 3.33. The van der Waals surface area contributed by atoms with Crippen LogP contribution in [0.1, 0.15) is 0 Å². The quantitative estimate of drug-likeness (QED) is 0.772. The first-order valence-corrected chi connectivity index (χ1v) is 6.37. The molecule has 1 aromatic heterocycles. The number of hydrogen-bond donors (Lipinski definition) is 1. The first kappa shape index (κ1) is 12.2. The zero-order valence-electron chi connectivity index (χ0n) is 10.9. The van der Waals surface area contributed by atoms with Gasteiger partial charge in [0.2, 0.25) is 5.88 Å². The van der Waals surface area contributed by atoms with Gasteiger partial charge in [-0.25, -0.2) is 4.98 Å². The van der Waals surface area contributed by atoms with Crippen molar-refractivity contribution in [2.75, 3.05) is 5.73 Å². The zero-order chi connectivity index (χ0) is 13.8. The number of aromatic nitrogens is 1. The van der Waals surface area contributed by atoms with Crippen LogP contribution < -0.4 is 10.5 Å². The topological polar surface area (TPSA) is 48.1 Å². The Hall–Kier alpha value is -2.81. The van der Waals surface area contributed by atoms with E-state index in [0.29, 0.717) is 11.6 Å². The molecule has 0 fully saturated rings. The number of nitrogens with zero attached hydrogens (tertiary/aromatic N) is 1. The Morgan fingerprint density at radius 3 is 2.30 bits per heavy atom. The van der Waals surface area contributed by atoms with Crippen molar-refractivity contribution in [2.45, 2.75) is 0 Å². The van der Waals surface area contributed by atoms with Gasteiger partial charge in [-0.2, -0.15) is 0 Å². The predicted octanol–water partition coefficient (Wildman–Crippen LogP) is 4.12. The van der Waals surface area contributed by atoms with Crippen LogP contribution in [0.15, 0.2) is 72.9 Å². The minimum Gasteiger partial charge on any atom is -0.438 e. The predicted molar refractivity (Wildman–Crippen MR) is 80.6 cm³/mol. The summed E-state index contributed by atoms with van der Waals surface area (Å²) in [4.78, 5) is 4.16. The van der Waals surface area contributed by atoms with Crippen LogP contribution in [0.5, 0.6) is 11.6 Å². The highest BCUT2D eigenvalue weighted by molar-refractivity contribution is 5.70. The third kappa shape index (κ3) is 2.62. The first-order valence-electron chi connectivity index (χ1n) is 6.37. The molecule has 3 nitrogen and oxygen atoms in total. The van der Waals surface area contributed by atoms with Crippen molar-refractivity contribution in [2.24, 2.45) is 0 Å². The van der Waals surface area contributed by atoms with Gasteiger partial charge in [0.15, 0.2) is 0 Å². The summed E-state index contributed by atoms with van der Waals surface area (Å²) in [7, 11) is 0. The molecule has 0 amide bonds. The lowest BCUT2D eigenvalue weighted by Crippen LogP contribution is -1.92. The van der Waals surface area contributed by atoms with Gasteiger partial charge in [-0.05, 0) is 17.7 Å². The molecule has 0 bridgehead atoms. The van der Waals surface area contributed by atoms with Crippen LogP contribution in [0.4, 0.5) is 5.69 Å². The molecule has 2 N–H and O–H groups in total.